The third kappa shape index (κ3) is 6.59. The Kier molecular flexibility index (Phi) is 8.83. The van der Waals surface area contributed by atoms with Crippen molar-refractivity contribution in [3.05, 3.63) is 60.2 Å². The zero-order valence-corrected chi connectivity index (χ0v) is 17.5. The average molecular weight is 413 g/mol. The molecule has 0 bridgehead atoms. The van der Waals surface area contributed by atoms with Crippen LogP contribution in [-0.2, 0) is 9.59 Å². The Balaban J connectivity index is 2.16. The van der Waals surface area contributed by atoms with Gasteiger partial charge in [0.1, 0.15) is 5.75 Å². The predicted molar refractivity (Wildman–Crippen MR) is 114 cm³/mol. The summed E-state index contributed by atoms with van der Waals surface area (Å²) in [5, 5.41) is 7.77. The highest BCUT2D eigenvalue weighted by molar-refractivity contribution is 5.97. The van der Waals surface area contributed by atoms with Gasteiger partial charge in [-0.1, -0.05) is 30.3 Å². The van der Waals surface area contributed by atoms with Crippen molar-refractivity contribution >= 4 is 23.5 Å². The van der Waals surface area contributed by atoms with Gasteiger partial charge < -0.3 is 20.3 Å². The average Bonchev–Trinajstić information content (AvgIpc) is 2.74. The summed E-state index contributed by atoms with van der Waals surface area (Å²) >= 11 is 0. The molecule has 8 nitrogen and oxygen atoms in total. The molecule has 0 saturated heterocycles. The largest absolute Gasteiger partial charge is 0.497 e. The first kappa shape index (κ1) is 22.9. The standard InChI is InChI=1S/C22H28N4O4/c1-4-23-22(29)25-21(28)20(16-9-7-6-8-10-16)26(5-2)15-19(27)24-17-11-13-18(30-3)14-12-17/h6-14,20H,4-5,15H2,1-3H3,(H,24,27)(H2,23,25,28,29)/p+1/t20-/m0/s1. The molecular formula is C22H29N4O4+. The zero-order valence-electron chi connectivity index (χ0n) is 17.5. The van der Waals surface area contributed by atoms with Gasteiger partial charge in [0.2, 0.25) is 0 Å². The number of urea groups is 1. The maximum Gasteiger partial charge on any atom is 0.321 e. The molecule has 0 aliphatic carbocycles. The fourth-order valence-electron chi connectivity index (χ4n) is 3.12. The lowest BCUT2D eigenvalue weighted by atomic mass is 10.0. The normalized spacial score (nSPS) is 12.4. The van der Waals surface area contributed by atoms with Crippen LogP contribution < -0.4 is 25.6 Å². The van der Waals surface area contributed by atoms with E-state index in [0.29, 0.717) is 29.4 Å². The lowest BCUT2D eigenvalue weighted by molar-refractivity contribution is -0.912. The van der Waals surface area contributed by atoms with Gasteiger partial charge in [-0.05, 0) is 38.1 Å². The molecule has 0 aromatic heterocycles. The van der Waals surface area contributed by atoms with Crippen LogP contribution >= 0.6 is 0 Å². The number of carbonyl (C=O) groups excluding carboxylic acids is 3. The molecule has 2 aromatic rings. The molecule has 0 heterocycles. The number of anilines is 1. The second kappa shape index (κ2) is 11.6. The molecule has 0 radical (unpaired) electrons. The van der Waals surface area contributed by atoms with Gasteiger partial charge in [-0.3, -0.25) is 14.9 Å². The smallest absolute Gasteiger partial charge is 0.321 e. The van der Waals surface area contributed by atoms with E-state index < -0.39 is 18.0 Å². The third-order valence-corrected chi connectivity index (χ3v) is 4.59. The lowest BCUT2D eigenvalue weighted by Gasteiger charge is -2.26. The molecule has 1 unspecified atom stereocenters. The van der Waals surface area contributed by atoms with Gasteiger partial charge in [0.15, 0.2) is 12.6 Å². The number of amides is 4. The molecule has 2 aromatic carbocycles. The van der Waals surface area contributed by atoms with Crippen LogP contribution in [0, 0.1) is 0 Å². The van der Waals surface area contributed by atoms with Crippen molar-refractivity contribution in [2.24, 2.45) is 0 Å². The van der Waals surface area contributed by atoms with Crippen molar-refractivity contribution in [1.82, 2.24) is 10.6 Å². The predicted octanol–water partition coefficient (Wildman–Crippen LogP) is 1.13. The van der Waals surface area contributed by atoms with Crippen LogP contribution in [0.1, 0.15) is 25.5 Å². The topological polar surface area (TPSA) is 101 Å². The van der Waals surface area contributed by atoms with Gasteiger partial charge in [-0.25, -0.2) is 4.79 Å². The second-order valence-corrected chi connectivity index (χ2v) is 6.66. The van der Waals surface area contributed by atoms with Gasteiger partial charge in [0.25, 0.3) is 11.8 Å². The number of hydrogen-bond acceptors (Lipinski definition) is 4. The van der Waals surface area contributed by atoms with Crippen molar-refractivity contribution in [2.75, 3.05) is 32.1 Å². The Bertz CT molecular complexity index is 840. The summed E-state index contributed by atoms with van der Waals surface area (Å²) in [5.74, 6) is 0.00461. The number of ether oxygens (including phenoxy) is 1. The molecule has 8 heteroatoms. The highest BCUT2D eigenvalue weighted by Crippen LogP contribution is 2.15. The summed E-state index contributed by atoms with van der Waals surface area (Å²) in [6.45, 7) is 4.64. The van der Waals surface area contributed by atoms with Crippen molar-refractivity contribution in [3.63, 3.8) is 0 Å². The van der Waals surface area contributed by atoms with Crippen molar-refractivity contribution < 1.29 is 24.0 Å². The first-order valence-corrected chi connectivity index (χ1v) is 9.90. The van der Waals surface area contributed by atoms with Crippen LogP contribution in [0.2, 0.25) is 0 Å². The van der Waals surface area contributed by atoms with Gasteiger partial charge in [0.05, 0.1) is 13.7 Å². The molecule has 2 atom stereocenters. The van der Waals surface area contributed by atoms with Crippen molar-refractivity contribution in [1.29, 1.82) is 0 Å². The van der Waals surface area contributed by atoms with E-state index in [1.807, 2.05) is 37.3 Å². The molecule has 30 heavy (non-hydrogen) atoms. The summed E-state index contributed by atoms with van der Waals surface area (Å²) in [5.41, 5.74) is 1.37. The van der Waals surface area contributed by atoms with Gasteiger partial charge in [-0.2, -0.15) is 0 Å². The molecule has 4 N–H and O–H groups in total. The van der Waals surface area contributed by atoms with E-state index in [1.165, 1.54) is 0 Å². The summed E-state index contributed by atoms with van der Waals surface area (Å²) in [4.78, 5) is 38.1. The maximum atomic E-state index is 12.9. The number of carbonyl (C=O) groups is 3. The number of nitrogens with one attached hydrogen (secondary N) is 4. The third-order valence-electron chi connectivity index (χ3n) is 4.59. The zero-order chi connectivity index (χ0) is 21.9. The summed E-state index contributed by atoms with van der Waals surface area (Å²) in [6.07, 6.45) is 0. The van der Waals surface area contributed by atoms with E-state index in [4.69, 9.17) is 4.74 Å². The van der Waals surface area contributed by atoms with Crippen LogP contribution in [-0.4, -0.2) is 44.6 Å². The van der Waals surface area contributed by atoms with E-state index in [0.717, 1.165) is 5.56 Å². The van der Waals surface area contributed by atoms with Gasteiger partial charge in [-0.15, -0.1) is 0 Å². The number of benzene rings is 2. The van der Waals surface area contributed by atoms with E-state index in [-0.39, 0.29) is 12.5 Å². The minimum atomic E-state index is -0.708. The molecule has 0 spiro atoms. The van der Waals surface area contributed by atoms with Crippen LogP contribution in [0.25, 0.3) is 0 Å². The maximum absolute atomic E-state index is 12.9. The number of methoxy groups -OCH3 is 1. The number of imide groups is 1. The summed E-state index contributed by atoms with van der Waals surface area (Å²) in [7, 11) is 1.58. The molecule has 4 amide bonds. The number of likely N-dealkylation sites (N-methyl/N-ethyl adjacent to an activating group) is 1. The number of hydrogen-bond donors (Lipinski definition) is 4. The number of rotatable bonds is 9. The summed E-state index contributed by atoms with van der Waals surface area (Å²) in [6, 6.07) is 14.9. The Labute approximate surface area is 176 Å². The molecular weight excluding hydrogens is 384 g/mol. The van der Waals surface area contributed by atoms with E-state index in [1.54, 1.807) is 38.3 Å². The summed E-state index contributed by atoms with van der Waals surface area (Å²) < 4.78 is 5.12. The van der Waals surface area contributed by atoms with Gasteiger partial charge >= 0.3 is 6.03 Å². The van der Waals surface area contributed by atoms with E-state index >= 15 is 0 Å². The Hall–Kier alpha value is -3.39. The van der Waals surface area contributed by atoms with Crippen molar-refractivity contribution in [2.45, 2.75) is 19.9 Å². The van der Waals surface area contributed by atoms with Gasteiger partial charge in [0, 0.05) is 17.8 Å². The van der Waals surface area contributed by atoms with Crippen LogP contribution in [0.4, 0.5) is 10.5 Å². The quantitative estimate of drug-likeness (QED) is 0.495. The van der Waals surface area contributed by atoms with E-state index in [9.17, 15) is 14.4 Å². The molecule has 2 rings (SSSR count). The van der Waals surface area contributed by atoms with Crippen LogP contribution in [0.15, 0.2) is 54.6 Å². The molecule has 0 fully saturated rings. The Morgan fingerprint density at radius 3 is 2.23 bits per heavy atom. The SMILES string of the molecule is CCNC(=O)NC(=O)[C@H](c1ccccc1)[NH+](CC)CC(=O)Nc1ccc(OC)cc1. The van der Waals surface area contributed by atoms with E-state index in [2.05, 4.69) is 16.0 Å². The molecule has 0 saturated carbocycles. The molecule has 160 valence electrons. The molecule has 0 aliphatic heterocycles. The second-order valence-electron chi connectivity index (χ2n) is 6.66. The molecule has 0 aliphatic rings. The first-order valence-electron chi connectivity index (χ1n) is 9.90. The monoisotopic (exact) mass is 413 g/mol. The fraction of sp³-hybridized carbons (Fsp3) is 0.318. The number of quaternary nitrogens is 1. The fourth-order valence-corrected chi connectivity index (χ4v) is 3.12. The van der Waals surface area contributed by atoms with Crippen LogP contribution in [0.3, 0.4) is 0 Å². The Morgan fingerprint density at radius 2 is 1.67 bits per heavy atom. The minimum absolute atomic E-state index is 0.0604. The first-order chi connectivity index (χ1) is 14.5. The van der Waals surface area contributed by atoms with Crippen molar-refractivity contribution in [3.8, 4) is 5.75 Å². The lowest BCUT2D eigenvalue weighted by Crippen LogP contribution is -3.14. The van der Waals surface area contributed by atoms with Crippen LogP contribution in [0.5, 0.6) is 5.75 Å². The minimum Gasteiger partial charge on any atom is -0.497 e. The Morgan fingerprint density at radius 1 is 1.00 bits per heavy atom. The highest BCUT2D eigenvalue weighted by Gasteiger charge is 2.33. The highest BCUT2D eigenvalue weighted by atomic mass is 16.5.